The van der Waals surface area contributed by atoms with E-state index in [2.05, 4.69) is 20.5 Å². The highest BCUT2D eigenvalue weighted by Gasteiger charge is 2.22. The maximum absolute atomic E-state index is 12.0. The van der Waals surface area contributed by atoms with E-state index in [0.717, 1.165) is 12.0 Å². The van der Waals surface area contributed by atoms with Crippen molar-refractivity contribution in [2.45, 2.75) is 19.4 Å². The molecule has 1 aliphatic heterocycles. The van der Waals surface area contributed by atoms with Gasteiger partial charge in [0.15, 0.2) is 5.82 Å². The Morgan fingerprint density at radius 3 is 2.74 bits per heavy atom. The summed E-state index contributed by atoms with van der Waals surface area (Å²) in [5.41, 5.74) is 6.98. The van der Waals surface area contributed by atoms with E-state index in [9.17, 15) is 9.59 Å². The van der Waals surface area contributed by atoms with Crippen LogP contribution in [-0.4, -0.2) is 45.0 Å². The molecule has 3 rings (SSSR count). The van der Waals surface area contributed by atoms with Crippen molar-refractivity contribution < 1.29 is 9.59 Å². The smallest absolute Gasteiger partial charge is 0.243 e. The summed E-state index contributed by atoms with van der Waals surface area (Å²) in [6.07, 6.45) is 1.35. The van der Waals surface area contributed by atoms with Crippen LogP contribution in [0.15, 0.2) is 24.3 Å². The molecule has 1 aromatic heterocycles. The molecule has 23 heavy (non-hydrogen) atoms. The van der Waals surface area contributed by atoms with Gasteiger partial charge in [0.25, 0.3) is 0 Å². The summed E-state index contributed by atoms with van der Waals surface area (Å²) in [5, 5.41) is 9.61. The minimum atomic E-state index is -0.198. The number of hydrogen-bond acceptors (Lipinski definition) is 5. The minimum Gasteiger partial charge on any atom is -0.333 e. The number of nitrogens with two attached hydrogens (primary N) is 1. The zero-order valence-corrected chi connectivity index (χ0v) is 12.6. The van der Waals surface area contributed by atoms with Gasteiger partial charge in [-0.1, -0.05) is 0 Å². The van der Waals surface area contributed by atoms with Gasteiger partial charge >= 0.3 is 0 Å². The number of nitrogens with one attached hydrogen (secondary N) is 2. The van der Waals surface area contributed by atoms with Crippen molar-refractivity contribution in [1.82, 2.24) is 20.1 Å². The zero-order valence-electron chi connectivity index (χ0n) is 12.6. The van der Waals surface area contributed by atoms with Crippen LogP contribution >= 0.6 is 0 Å². The summed E-state index contributed by atoms with van der Waals surface area (Å²) in [6, 6.07) is 7.19. The molecular formula is C15H18N6O2. The molecule has 2 amide bonds. The highest BCUT2D eigenvalue weighted by Crippen LogP contribution is 2.18. The molecule has 0 radical (unpaired) electrons. The number of amides is 2. The van der Waals surface area contributed by atoms with Crippen LogP contribution < -0.4 is 11.1 Å². The summed E-state index contributed by atoms with van der Waals surface area (Å²) >= 11 is 0. The molecule has 2 heterocycles. The summed E-state index contributed by atoms with van der Waals surface area (Å²) in [4.78, 5) is 29.3. The second-order valence-corrected chi connectivity index (χ2v) is 5.35. The van der Waals surface area contributed by atoms with Gasteiger partial charge in [0, 0.05) is 24.2 Å². The number of carbonyl (C=O) groups is 2. The average molecular weight is 314 g/mol. The SMILES string of the molecule is NCc1nc(-c2ccc(NC(=O)CN3CCCC3=O)cc2)n[nH]1. The van der Waals surface area contributed by atoms with E-state index in [-0.39, 0.29) is 18.4 Å². The van der Waals surface area contributed by atoms with Crippen molar-refractivity contribution in [2.24, 2.45) is 5.73 Å². The monoisotopic (exact) mass is 314 g/mol. The van der Waals surface area contributed by atoms with Crippen LogP contribution in [-0.2, 0) is 16.1 Å². The predicted molar refractivity (Wildman–Crippen MR) is 84.2 cm³/mol. The number of nitrogens with zero attached hydrogens (tertiary/aromatic N) is 3. The van der Waals surface area contributed by atoms with E-state index in [0.29, 0.717) is 36.8 Å². The van der Waals surface area contributed by atoms with Crippen LogP contribution in [0.5, 0.6) is 0 Å². The molecule has 0 saturated carbocycles. The molecule has 1 aromatic carbocycles. The van der Waals surface area contributed by atoms with Gasteiger partial charge in [-0.05, 0) is 30.7 Å². The fourth-order valence-corrected chi connectivity index (χ4v) is 2.46. The molecule has 2 aromatic rings. The number of aromatic amines is 1. The topological polar surface area (TPSA) is 117 Å². The van der Waals surface area contributed by atoms with Crippen LogP contribution in [0.3, 0.4) is 0 Å². The van der Waals surface area contributed by atoms with E-state index in [1.54, 1.807) is 17.0 Å². The first-order valence-corrected chi connectivity index (χ1v) is 7.45. The third kappa shape index (κ3) is 3.54. The van der Waals surface area contributed by atoms with E-state index in [1.165, 1.54) is 0 Å². The highest BCUT2D eigenvalue weighted by atomic mass is 16.2. The van der Waals surface area contributed by atoms with Gasteiger partial charge < -0.3 is 16.0 Å². The molecule has 0 bridgehead atoms. The highest BCUT2D eigenvalue weighted by molar-refractivity contribution is 5.95. The van der Waals surface area contributed by atoms with Crippen molar-refractivity contribution in [3.05, 3.63) is 30.1 Å². The standard InChI is InChI=1S/C15H18N6O2/c16-8-12-18-15(20-19-12)10-3-5-11(6-4-10)17-13(22)9-21-7-1-2-14(21)23/h3-6H,1-2,7-9,16H2,(H,17,22)(H,18,19,20). The van der Waals surface area contributed by atoms with Gasteiger partial charge in [-0.3, -0.25) is 14.7 Å². The molecule has 1 saturated heterocycles. The Balaban J connectivity index is 1.60. The number of hydrogen-bond donors (Lipinski definition) is 3. The molecule has 120 valence electrons. The first-order valence-electron chi connectivity index (χ1n) is 7.45. The molecule has 1 aliphatic rings. The summed E-state index contributed by atoms with van der Waals surface area (Å²) in [6.45, 7) is 1.05. The van der Waals surface area contributed by atoms with Gasteiger partial charge in [0.1, 0.15) is 5.82 Å². The number of anilines is 1. The Hall–Kier alpha value is -2.74. The van der Waals surface area contributed by atoms with E-state index in [1.807, 2.05) is 12.1 Å². The van der Waals surface area contributed by atoms with Crippen molar-refractivity contribution in [1.29, 1.82) is 0 Å². The molecule has 0 unspecified atom stereocenters. The average Bonchev–Trinajstić information content (AvgIpc) is 3.18. The minimum absolute atomic E-state index is 0.0378. The maximum Gasteiger partial charge on any atom is 0.243 e. The second-order valence-electron chi connectivity index (χ2n) is 5.35. The second kappa shape index (κ2) is 6.57. The van der Waals surface area contributed by atoms with Crippen LogP contribution in [0, 0.1) is 0 Å². The van der Waals surface area contributed by atoms with Gasteiger partial charge in [-0.25, -0.2) is 4.98 Å². The van der Waals surface area contributed by atoms with Crippen molar-refractivity contribution in [3.8, 4) is 11.4 Å². The van der Waals surface area contributed by atoms with Crippen LogP contribution in [0.25, 0.3) is 11.4 Å². The lowest BCUT2D eigenvalue weighted by Gasteiger charge is -2.14. The normalized spacial score (nSPS) is 14.3. The summed E-state index contributed by atoms with van der Waals surface area (Å²) < 4.78 is 0. The maximum atomic E-state index is 12.0. The Morgan fingerprint density at radius 2 is 2.13 bits per heavy atom. The largest absolute Gasteiger partial charge is 0.333 e. The van der Waals surface area contributed by atoms with Crippen LogP contribution in [0.2, 0.25) is 0 Å². The Kier molecular flexibility index (Phi) is 4.33. The molecule has 0 aliphatic carbocycles. The molecule has 4 N–H and O–H groups in total. The van der Waals surface area contributed by atoms with Crippen LogP contribution in [0.4, 0.5) is 5.69 Å². The molecular weight excluding hydrogens is 296 g/mol. The zero-order chi connectivity index (χ0) is 16.2. The Morgan fingerprint density at radius 1 is 1.35 bits per heavy atom. The Labute approximate surface area is 133 Å². The fourth-order valence-electron chi connectivity index (χ4n) is 2.46. The lowest BCUT2D eigenvalue weighted by atomic mass is 10.2. The molecule has 0 atom stereocenters. The van der Waals surface area contributed by atoms with Crippen molar-refractivity contribution in [3.63, 3.8) is 0 Å². The molecule has 8 nitrogen and oxygen atoms in total. The van der Waals surface area contributed by atoms with Crippen molar-refractivity contribution in [2.75, 3.05) is 18.4 Å². The number of aromatic nitrogens is 3. The fraction of sp³-hybridized carbons (Fsp3) is 0.333. The summed E-state index contributed by atoms with van der Waals surface area (Å²) in [7, 11) is 0. The first kappa shape index (κ1) is 15.2. The number of rotatable bonds is 5. The van der Waals surface area contributed by atoms with E-state index < -0.39 is 0 Å². The van der Waals surface area contributed by atoms with Gasteiger partial charge in [0.05, 0.1) is 13.1 Å². The lowest BCUT2D eigenvalue weighted by Crippen LogP contribution is -2.33. The molecule has 1 fully saturated rings. The number of likely N-dealkylation sites (tertiary alicyclic amines) is 1. The Bertz CT molecular complexity index is 709. The van der Waals surface area contributed by atoms with Crippen LogP contribution in [0.1, 0.15) is 18.7 Å². The number of benzene rings is 1. The number of H-pyrrole nitrogens is 1. The van der Waals surface area contributed by atoms with Gasteiger partial charge in [-0.2, -0.15) is 5.10 Å². The number of carbonyl (C=O) groups excluding carboxylic acids is 2. The first-order chi connectivity index (χ1) is 11.2. The van der Waals surface area contributed by atoms with E-state index in [4.69, 9.17) is 5.73 Å². The third-order valence-corrected chi connectivity index (χ3v) is 3.66. The lowest BCUT2D eigenvalue weighted by molar-refractivity contribution is -0.131. The summed E-state index contributed by atoms with van der Waals surface area (Å²) in [5.74, 6) is 1.02. The quantitative estimate of drug-likeness (QED) is 0.742. The predicted octanol–water partition coefficient (Wildman–Crippen LogP) is 0.491. The third-order valence-electron chi connectivity index (χ3n) is 3.66. The van der Waals surface area contributed by atoms with Gasteiger partial charge in [-0.15, -0.1) is 0 Å². The molecule has 0 spiro atoms. The van der Waals surface area contributed by atoms with Crippen molar-refractivity contribution >= 4 is 17.5 Å². The van der Waals surface area contributed by atoms with E-state index >= 15 is 0 Å². The van der Waals surface area contributed by atoms with Gasteiger partial charge in [0.2, 0.25) is 11.8 Å². The molecule has 8 heteroatoms.